The molecule has 1 aromatic carbocycles. The number of ether oxygens (including phenoxy) is 1. The molecule has 4 heteroatoms. The zero-order valence-electron chi connectivity index (χ0n) is 11.0. The molecule has 1 aromatic rings. The standard InChI is InChI=1S/C14H20N2O2/c1-10(9-18-2)16-14(17)12-5-6-13-11(8-12)4-3-7-15-13/h5-6,8,10,15H,3-4,7,9H2,1-2H3,(H,16,17). The second-order valence-electron chi connectivity index (χ2n) is 4.73. The van der Waals surface area contributed by atoms with E-state index in [1.807, 2.05) is 25.1 Å². The summed E-state index contributed by atoms with van der Waals surface area (Å²) < 4.78 is 5.01. The van der Waals surface area contributed by atoms with Gasteiger partial charge < -0.3 is 15.4 Å². The number of anilines is 1. The molecule has 1 unspecified atom stereocenters. The maximum absolute atomic E-state index is 12.0. The quantitative estimate of drug-likeness (QED) is 0.854. The van der Waals surface area contributed by atoms with Gasteiger partial charge in [0.1, 0.15) is 0 Å². The third-order valence-electron chi connectivity index (χ3n) is 3.10. The zero-order chi connectivity index (χ0) is 13.0. The Balaban J connectivity index is 2.06. The molecule has 1 atom stereocenters. The summed E-state index contributed by atoms with van der Waals surface area (Å²) in [6, 6.07) is 5.86. The van der Waals surface area contributed by atoms with Gasteiger partial charge in [0.15, 0.2) is 0 Å². The number of aryl methyl sites for hydroxylation is 1. The Morgan fingerprint density at radius 1 is 1.56 bits per heavy atom. The molecule has 0 spiro atoms. The molecule has 1 aliphatic rings. The van der Waals surface area contributed by atoms with Gasteiger partial charge in [0.2, 0.25) is 0 Å². The molecule has 4 nitrogen and oxygen atoms in total. The number of carbonyl (C=O) groups excluding carboxylic acids is 1. The van der Waals surface area contributed by atoms with Crippen molar-refractivity contribution < 1.29 is 9.53 Å². The summed E-state index contributed by atoms with van der Waals surface area (Å²) in [5, 5.41) is 6.26. The Morgan fingerprint density at radius 3 is 3.17 bits per heavy atom. The monoisotopic (exact) mass is 248 g/mol. The lowest BCUT2D eigenvalue weighted by Gasteiger charge is -2.19. The third kappa shape index (κ3) is 3.01. The molecule has 0 aliphatic carbocycles. The fraction of sp³-hybridized carbons (Fsp3) is 0.500. The summed E-state index contributed by atoms with van der Waals surface area (Å²) in [6.45, 7) is 3.48. The molecule has 18 heavy (non-hydrogen) atoms. The Hall–Kier alpha value is -1.55. The number of carbonyl (C=O) groups is 1. The molecule has 0 aromatic heterocycles. The number of methoxy groups -OCH3 is 1. The van der Waals surface area contributed by atoms with Crippen molar-refractivity contribution in [3.8, 4) is 0 Å². The van der Waals surface area contributed by atoms with Crippen molar-refractivity contribution in [3.63, 3.8) is 0 Å². The minimum Gasteiger partial charge on any atom is -0.385 e. The molecule has 2 rings (SSSR count). The van der Waals surface area contributed by atoms with Crippen LogP contribution < -0.4 is 10.6 Å². The van der Waals surface area contributed by atoms with Crippen molar-refractivity contribution >= 4 is 11.6 Å². The number of amides is 1. The van der Waals surface area contributed by atoms with Crippen molar-refractivity contribution in [2.45, 2.75) is 25.8 Å². The summed E-state index contributed by atoms with van der Waals surface area (Å²) in [5.74, 6) is -0.0343. The van der Waals surface area contributed by atoms with Crippen LogP contribution in [0, 0.1) is 0 Å². The summed E-state index contributed by atoms with van der Waals surface area (Å²) in [4.78, 5) is 12.0. The van der Waals surface area contributed by atoms with Crippen molar-refractivity contribution in [2.75, 3.05) is 25.6 Å². The molecule has 1 heterocycles. The van der Waals surface area contributed by atoms with Crippen molar-refractivity contribution in [1.29, 1.82) is 0 Å². The van der Waals surface area contributed by atoms with Gasteiger partial charge in [-0.15, -0.1) is 0 Å². The van der Waals surface area contributed by atoms with Crippen LogP contribution in [0.4, 0.5) is 5.69 Å². The van der Waals surface area contributed by atoms with Crippen molar-refractivity contribution in [2.24, 2.45) is 0 Å². The van der Waals surface area contributed by atoms with Crippen molar-refractivity contribution in [3.05, 3.63) is 29.3 Å². The van der Waals surface area contributed by atoms with Gasteiger partial charge in [0.25, 0.3) is 5.91 Å². The number of nitrogens with one attached hydrogen (secondary N) is 2. The normalized spacial score (nSPS) is 15.4. The first kappa shape index (κ1) is 12.9. The average molecular weight is 248 g/mol. The Bertz CT molecular complexity index is 432. The fourth-order valence-corrected chi connectivity index (χ4v) is 2.21. The molecule has 1 aliphatic heterocycles. The van der Waals surface area contributed by atoms with Crippen molar-refractivity contribution in [1.82, 2.24) is 5.32 Å². The van der Waals surface area contributed by atoms with E-state index in [2.05, 4.69) is 10.6 Å². The Kier molecular flexibility index (Phi) is 4.20. The Morgan fingerprint density at radius 2 is 2.39 bits per heavy atom. The van der Waals surface area contributed by atoms with E-state index in [1.165, 1.54) is 5.56 Å². The molecule has 0 fully saturated rings. The lowest BCUT2D eigenvalue weighted by Crippen LogP contribution is -2.35. The number of hydrogen-bond acceptors (Lipinski definition) is 3. The van der Waals surface area contributed by atoms with Crippen LogP contribution in [0.25, 0.3) is 0 Å². The molecular weight excluding hydrogens is 228 g/mol. The number of benzene rings is 1. The Labute approximate surface area is 108 Å². The topological polar surface area (TPSA) is 50.4 Å². The van der Waals surface area contributed by atoms with E-state index in [4.69, 9.17) is 4.74 Å². The smallest absolute Gasteiger partial charge is 0.251 e. The van der Waals surface area contributed by atoms with Crippen LogP contribution in [-0.2, 0) is 11.2 Å². The third-order valence-corrected chi connectivity index (χ3v) is 3.10. The number of rotatable bonds is 4. The molecule has 98 valence electrons. The van der Waals surface area contributed by atoms with Gasteiger partial charge in [-0.2, -0.15) is 0 Å². The number of fused-ring (bicyclic) bond motifs is 1. The summed E-state index contributed by atoms with van der Waals surface area (Å²) in [6.07, 6.45) is 2.16. The second kappa shape index (κ2) is 5.87. The van der Waals surface area contributed by atoms with Crippen LogP contribution in [0.15, 0.2) is 18.2 Å². The van der Waals surface area contributed by atoms with E-state index >= 15 is 0 Å². The highest BCUT2D eigenvalue weighted by Crippen LogP contribution is 2.22. The van der Waals surface area contributed by atoms with Crippen LogP contribution >= 0.6 is 0 Å². The van der Waals surface area contributed by atoms with E-state index in [0.29, 0.717) is 6.61 Å². The first-order chi connectivity index (χ1) is 8.70. The number of hydrogen-bond donors (Lipinski definition) is 2. The van der Waals surface area contributed by atoms with Crippen LogP contribution in [0.3, 0.4) is 0 Å². The zero-order valence-corrected chi connectivity index (χ0v) is 11.0. The lowest BCUT2D eigenvalue weighted by molar-refractivity contribution is 0.0905. The second-order valence-corrected chi connectivity index (χ2v) is 4.73. The predicted molar refractivity (Wildman–Crippen MR) is 72.1 cm³/mol. The SMILES string of the molecule is COCC(C)NC(=O)c1ccc2c(c1)CCCN2. The average Bonchev–Trinajstić information content (AvgIpc) is 2.38. The fourth-order valence-electron chi connectivity index (χ4n) is 2.21. The van der Waals surface area contributed by atoms with E-state index in [1.54, 1.807) is 7.11 Å². The van der Waals surface area contributed by atoms with E-state index in [-0.39, 0.29) is 11.9 Å². The molecule has 0 saturated heterocycles. The summed E-state index contributed by atoms with van der Waals surface area (Å²) >= 11 is 0. The van der Waals surface area contributed by atoms with E-state index in [0.717, 1.165) is 30.6 Å². The van der Waals surface area contributed by atoms with E-state index < -0.39 is 0 Å². The highest BCUT2D eigenvalue weighted by molar-refractivity contribution is 5.95. The van der Waals surface area contributed by atoms with Crippen LogP contribution in [-0.4, -0.2) is 32.2 Å². The molecular formula is C14H20N2O2. The van der Waals surface area contributed by atoms with Gasteiger partial charge in [-0.3, -0.25) is 4.79 Å². The highest BCUT2D eigenvalue weighted by atomic mass is 16.5. The maximum atomic E-state index is 12.0. The maximum Gasteiger partial charge on any atom is 0.251 e. The molecule has 2 N–H and O–H groups in total. The van der Waals surface area contributed by atoms with E-state index in [9.17, 15) is 4.79 Å². The summed E-state index contributed by atoms with van der Waals surface area (Å²) in [7, 11) is 1.63. The van der Waals surface area contributed by atoms with Gasteiger partial charge >= 0.3 is 0 Å². The molecule has 0 radical (unpaired) electrons. The first-order valence-corrected chi connectivity index (χ1v) is 6.37. The first-order valence-electron chi connectivity index (χ1n) is 6.37. The van der Waals surface area contributed by atoms with Crippen LogP contribution in [0.1, 0.15) is 29.3 Å². The van der Waals surface area contributed by atoms with Gasteiger partial charge in [0, 0.05) is 30.9 Å². The highest BCUT2D eigenvalue weighted by Gasteiger charge is 2.13. The van der Waals surface area contributed by atoms with Gasteiger partial charge in [-0.05, 0) is 43.5 Å². The predicted octanol–water partition coefficient (Wildman–Crippen LogP) is 1.81. The lowest BCUT2D eigenvalue weighted by atomic mass is 10.0. The minimum absolute atomic E-state index is 0.0247. The molecule has 0 bridgehead atoms. The molecule has 0 saturated carbocycles. The van der Waals surface area contributed by atoms with Crippen LogP contribution in [0.2, 0.25) is 0 Å². The van der Waals surface area contributed by atoms with Gasteiger partial charge in [0.05, 0.1) is 6.61 Å². The molecule has 1 amide bonds. The van der Waals surface area contributed by atoms with Crippen LogP contribution in [0.5, 0.6) is 0 Å². The van der Waals surface area contributed by atoms with Gasteiger partial charge in [-0.1, -0.05) is 0 Å². The largest absolute Gasteiger partial charge is 0.385 e. The van der Waals surface area contributed by atoms with Gasteiger partial charge in [-0.25, -0.2) is 0 Å². The summed E-state index contributed by atoms with van der Waals surface area (Å²) in [5.41, 5.74) is 3.11. The minimum atomic E-state index is -0.0343.